The minimum Gasteiger partial charge on any atom is -0.322 e. The van der Waals surface area contributed by atoms with E-state index in [1.54, 1.807) is 7.05 Å². The average molecular weight is 373 g/mol. The normalized spacial score (nSPS) is 11.3. The Morgan fingerprint density at radius 3 is 2.56 bits per heavy atom. The molecule has 134 valence electrons. The number of aromatic amines is 1. The number of likely N-dealkylation sites (N-methyl/N-ethyl adjacent to an activating group) is 1. The van der Waals surface area contributed by atoms with Crippen molar-refractivity contribution in [1.29, 1.82) is 0 Å². The zero-order valence-corrected chi connectivity index (χ0v) is 14.7. The molecule has 0 radical (unpaired) electrons. The van der Waals surface area contributed by atoms with E-state index in [2.05, 4.69) is 10.3 Å². The molecule has 8 heteroatoms. The number of anilines is 2. The third kappa shape index (κ3) is 4.85. The van der Waals surface area contributed by atoms with E-state index in [0.29, 0.717) is 5.69 Å². The third-order valence-corrected chi connectivity index (χ3v) is 3.92. The van der Waals surface area contributed by atoms with Gasteiger partial charge in [-0.3, -0.25) is 9.69 Å². The first kappa shape index (κ1) is 19.1. The molecule has 0 atom stereocenters. The first-order valence-electron chi connectivity index (χ1n) is 7.44. The lowest BCUT2D eigenvalue weighted by atomic mass is 10.1. The Morgan fingerprint density at radius 2 is 1.96 bits per heavy atom. The van der Waals surface area contributed by atoms with Crippen LogP contribution in [0.3, 0.4) is 0 Å². The minimum absolute atomic E-state index is 0.0744. The number of alkyl halides is 3. The Kier molecular flexibility index (Phi) is 5.57. The third-order valence-electron chi connectivity index (χ3n) is 3.63. The van der Waals surface area contributed by atoms with Crippen molar-refractivity contribution in [2.24, 2.45) is 0 Å². The molecule has 0 bridgehead atoms. The number of halogens is 4. The number of hydrogen-bond donors (Lipinski definition) is 1. The summed E-state index contributed by atoms with van der Waals surface area (Å²) in [5.41, 5.74) is 1.74. The molecule has 25 heavy (non-hydrogen) atoms. The molecule has 1 aromatic heterocycles. The molecule has 2 aromatic rings. The van der Waals surface area contributed by atoms with Gasteiger partial charge < -0.3 is 5.32 Å². The van der Waals surface area contributed by atoms with Gasteiger partial charge >= 0.3 is 6.18 Å². The highest BCUT2D eigenvalue weighted by molar-refractivity contribution is 6.32. The number of amides is 1. The molecular formula is C17H18ClF3N3O+. The highest BCUT2D eigenvalue weighted by atomic mass is 35.5. The van der Waals surface area contributed by atoms with E-state index in [-0.39, 0.29) is 23.3 Å². The van der Waals surface area contributed by atoms with E-state index < -0.39 is 11.7 Å². The van der Waals surface area contributed by atoms with Crippen molar-refractivity contribution in [1.82, 2.24) is 0 Å². The van der Waals surface area contributed by atoms with E-state index in [1.165, 1.54) is 4.90 Å². The number of carbonyl (C=O) groups excluding carboxylic acids is 1. The summed E-state index contributed by atoms with van der Waals surface area (Å²) in [7, 11) is 1.56. The molecule has 1 heterocycles. The van der Waals surface area contributed by atoms with Crippen molar-refractivity contribution in [2.45, 2.75) is 20.0 Å². The van der Waals surface area contributed by atoms with Crippen molar-refractivity contribution in [3.8, 4) is 0 Å². The maximum Gasteiger partial charge on any atom is 0.419 e. The molecule has 0 aliphatic carbocycles. The van der Waals surface area contributed by atoms with Gasteiger partial charge in [-0.2, -0.15) is 13.2 Å². The zero-order chi connectivity index (χ0) is 18.8. The van der Waals surface area contributed by atoms with Crippen LogP contribution in [0, 0.1) is 13.8 Å². The van der Waals surface area contributed by atoms with Crippen LogP contribution in [0.2, 0.25) is 5.02 Å². The van der Waals surface area contributed by atoms with Gasteiger partial charge in [0.25, 0.3) is 11.7 Å². The Bertz CT molecular complexity index is 793. The van der Waals surface area contributed by atoms with Gasteiger partial charge in [0.1, 0.15) is 11.2 Å². The average Bonchev–Trinajstić information content (AvgIpc) is 2.49. The van der Waals surface area contributed by atoms with Crippen LogP contribution in [0.25, 0.3) is 0 Å². The fourth-order valence-corrected chi connectivity index (χ4v) is 2.59. The standard InChI is InChI=1S/C17H17ClF3N3O/c1-10-4-5-11(2)14(6-10)23-15(25)9-24(3)16-13(18)7-12(8-22-16)17(19,20)21/h4-8H,9H2,1-3H3,(H,23,25)/p+1. The summed E-state index contributed by atoms with van der Waals surface area (Å²) in [5, 5.41) is 2.68. The quantitative estimate of drug-likeness (QED) is 0.885. The van der Waals surface area contributed by atoms with Gasteiger partial charge in [-0.05, 0) is 37.1 Å². The molecular weight excluding hydrogens is 355 g/mol. The number of benzene rings is 1. The first-order valence-corrected chi connectivity index (χ1v) is 7.82. The number of hydrogen-bond acceptors (Lipinski definition) is 2. The van der Waals surface area contributed by atoms with Gasteiger partial charge in [-0.1, -0.05) is 23.7 Å². The van der Waals surface area contributed by atoms with Crippen LogP contribution in [-0.2, 0) is 11.0 Å². The van der Waals surface area contributed by atoms with Crippen molar-refractivity contribution < 1.29 is 22.9 Å². The Balaban J connectivity index is 2.10. The van der Waals surface area contributed by atoms with Crippen LogP contribution in [0.5, 0.6) is 0 Å². The second-order valence-corrected chi connectivity index (χ2v) is 6.21. The predicted octanol–water partition coefficient (Wildman–Crippen LogP) is 3.86. The van der Waals surface area contributed by atoms with Crippen LogP contribution in [0.15, 0.2) is 30.5 Å². The smallest absolute Gasteiger partial charge is 0.322 e. The van der Waals surface area contributed by atoms with Gasteiger partial charge in [0, 0.05) is 5.69 Å². The highest BCUT2D eigenvalue weighted by Crippen LogP contribution is 2.31. The number of nitrogens with one attached hydrogen (secondary N) is 2. The summed E-state index contributed by atoms with van der Waals surface area (Å²) >= 11 is 5.92. The summed E-state index contributed by atoms with van der Waals surface area (Å²) in [6, 6.07) is 6.51. The van der Waals surface area contributed by atoms with Crippen LogP contribution in [0.1, 0.15) is 16.7 Å². The number of rotatable bonds is 4. The van der Waals surface area contributed by atoms with Gasteiger partial charge in [-0.25, -0.2) is 4.98 Å². The molecule has 0 fully saturated rings. The molecule has 1 aromatic carbocycles. The number of aryl methyl sites for hydroxylation is 2. The SMILES string of the molecule is Cc1ccc(C)c(NC(=O)CN(C)c2[nH+]cc(C(F)(F)F)cc2Cl)c1. The second-order valence-electron chi connectivity index (χ2n) is 5.81. The van der Waals surface area contributed by atoms with Crippen molar-refractivity contribution >= 4 is 29.0 Å². The van der Waals surface area contributed by atoms with Gasteiger partial charge in [0.05, 0.1) is 12.6 Å². The lowest BCUT2D eigenvalue weighted by molar-refractivity contribution is -0.367. The Labute approximate surface area is 148 Å². The van der Waals surface area contributed by atoms with Crippen molar-refractivity contribution in [2.75, 3.05) is 23.8 Å². The van der Waals surface area contributed by atoms with Gasteiger partial charge in [0.15, 0.2) is 6.54 Å². The minimum atomic E-state index is -4.49. The van der Waals surface area contributed by atoms with E-state index in [9.17, 15) is 18.0 Å². The molecule has 4 nitrogen and oxygen atoms in total. The predicted molar refractivity (Wildman–Crippen MR) is 90.8 cm³/mol. The van der Waals surface area contributed by atoms with Gasteiger partial charge in [0.2, 0.25) is 0 Å². The summed E-state index contributed by atoms with van der Waals surface area (Å²) in [6.07, 6.45) is -3.67. The maximum atomic E-state index is 12.7. The molecule has 0 saturated carbocycles. The molecule has 0 unspecified atom stereocenters. The molecule has 0 aliphatic heterocycles. The molecule has 0 spiro atoms. The molecule has 0 saturated heterocycles. The Hall–Kier alpha value is -2.28. The van der Waals surface area contributed by atoms with E-state index in [4.69, 9.17) is 11.6 Å². The monoisotopic (exact) mass is 372 g/mol. The number of nitrogens with zero attached hydrogens (tertiary/aromatic N) is 1. The maximum absolute atomic E-state index is 12.7. The highest BCUT2D eigenvalue weighted by Gasteiger charge is 2.33. The molecule has 0 aliphatic rings. The first-order chi connectivity index (χ1) is 11.6. The summed E-state index contributed by atoms with van der Waals surface area (Å²) in [6.45, 7) is 3.71. The van der Waals surface area contributed by atoms with Crippen molar-refractivity contribution in [3.63, 3.8) is 0 Å². The molecule has 1 amide bonds. The van der Waals surface area contributed by atoms with Crippen LogP contribution >= 0.6 is 11.6 Å². The topological polar surface area (TPSA) is 46.5 Å². The van der Waals surface area contributed by atoms with E-state index in [1.807, 2.05) is 32.0 Å². The summed E-state index contributed by atoms with van der Waals surface area (Å²) in [5.74, 6) is -0.0775. The van der Waals surface area contributed by atoms with E-state index >= 15 is 0 Å². The van der Waals surface area contributed by atoms with Crippen LogP contribution < -0.4 is 15.2 Å². The largest absolute Gasteiger partial charge is 0.419 e. The number of aromatic nitrogens is 1. The van der Waals surface area contributed by atoms with Gasteiger partial charge in [-0.15, -0.1) is 0 Å². The second kappa shape index (κ2) is 7.31. The van der Waals surface area contributed by atoms with Crippen molar-refractivity contribution in [3.05, 3.63) is 52.2 Å². The number of pyridine rings is 1. The fraction of sp³-hybridized carbons (Fsp3) is 0.294. The van der Waals surface area contributed by atoms with Crippen LogP contribution in [-0.4, -0.2) is 19.5 Å². The lowest BCUT2D eigenvalue weighted by Crippen LogP contribution is -2.34. The zero-order valence-electron chi connectivity index (χ0n) is 14.0. The number of H-pyrrole nitrogens is 1. The molecule has 2 rings (SSSR count). The van der Waals surface area contributed by atoms with Crippen LogP contribution in [0.4, 0.5) is 24.7 Å². The number of carbonyl (C=O) groups is 1. The Morgan fingerprint density at radius 1 is 1.28 bits per heavy atom. The lowest BCUT2D eigenvalue weighted by Gasteiger charge is -2.14. The summed E-state index contributed by atoms with van der Waals surface area (Å²) < 4.78 is 38.0. The fourth-order valence-electron chi connectivity index (χ4n) is 2.27. The molecule has 2 N–H and O–H groups in total. The summed E-state index contributed by atoms with van der Waals surface area (Å²) in [4.78, 5) is 16.2. The van der Waals surface area contributed by atoms with E-state index in [0.717, 1.165) is 23.4 Å².